The average Bonchev–Trinajstić information content (AvgIpc) is 2.17. The highest BCUT2D eigenvalue weighted by molar-refractivity contribution is 14.1. The molecule has 0 aliphatic rings. The highest BCUT2D eigenvalue weighted by Crippen LogP contribution is 2.19. The van der Waals surface area contributed by atoms with E-state index in [2.05, 4.69) is 3.07 Å². The Morgan fingerprint density at radius 3 is 2.50 bits per heavy atom. The van der Waals surface area contributed by atoms with Crippen LogP contribution in [0, 0.1) is 0 Å². The summed E-state index contributed by atoms with van der Waals surface area (Å²) in [5, 5.41) is 0. The number of alkyl halides is 1. The monoisotopic (exact) mass is 280 g/mol. The summed E-state index contributed by atoms with van der Waals surface area (Å²) in [5.74, 6) is -0.873. The van der Waals surface area contributed by atoms with E-state index in [0.717, 1.165) is 0 Å². The summed E-state index contributed by atoms with van der Waals surface area (Å²) in [6.07, 6.45) is -1.68. The van der Waals surface area contributed by atoms with Gasteiger partial charge in [-0.25, -0.2) is 9.18 Å². The Hall–Kier alpha value is -0.650. The maximum atomic E-state index is 13.0. The van der Waals surface area contributed by atoms with Crippen LogP contribution in [-0.4, -0.2) is 5.97 Å². The van der Waals surface area contributed by atoms with E-state index in [1.165, 1.54) is 35.1 Å². The van der Waals surface area contributed by atoms with Gasteiger partial charge in [-0.3, -0.25) is 0 Å². The van der Waals surface area contributed by atoms with Crippen molar-refractivity contribution in [2.75, 3.05) is 0 Å². The van der Waals surface area contributed by atoms with E-state index in [-0.39, 0.29) is 0 Å². The second-order valence-electron chi connectivity index (χ2n) is 2.17. The fraction of sp³-hybridized carbons (Fsp3) is 0.125. The van der Waals surface area contributed by atoms with Crippen molar-refractivity contribution in [3.8, 4) is 0 Å². The molecule has 2 nitrogen and oxygen atoms in total. The van der Waals surface area contributed by atoms with Gasteiger partial charge >= 0.3 is 5.97 Å². The molecule has 1 aromatic carbocycles. The van der Waals surface area contributed by atoms with E-state index in [9.17, 15) is 9.18 Å². The topological polar surface area (TPSA) is 26.3 Å². The van der Waals surface area contributed by atoms with E-state index in [0.29, 0.717) is 5.56 Å². The van der Waals surface area contributed by atoms with Crippen LogP contribution in [0.5, 0.6) is 0 Å². The van der Waals surface area contributed by atoms with Gasteiger partial charge in [-0.1, -0.05) is 30.3 Å². The zero-order valence-electron chi connectivity index (χ0n) is 6.04. The first kappa shape index (κ1) is 9.44. The lowest BCUT2D eigenvalue weighted by atomic mass is 10.1. The summed E-state index contributed by atoms with van der Waals surface area (Å²) in [6, 6.07) is 8.17. The molecule has 0 saturated heterocycles. The summed E-state index contributed by atoms with van der Waals surface area (Å²) in [6.45, 7) is 0. The molecule has 0 aliphatic heterocycles. The van der Waals surface area contributed by atoms with Crippen LogP contribution < -0.4 is 0 Å². The van der Waals surface area contributed by atoms with Crippen LogP contribution in [0.2, 0.25) is 0 Å². The summed E-state index contributed by atoms with van der Waals surface area (Å²) >= 11 is 1.37. The lowest BCUT2D eigenvalue weighted by Gasteiger charge is -2.03. The molecule has 0 bridgehead atoms. The van der Waals surface area contributed by atoms with E-state index in [1.54, 1.807) is 18.2 Å². The van der Waals surface area contributed by atoms with E-state index in [1.807, 2.05) is 0 Å². The fourth-order valence-electron chi connectivity index (χ4n) is 0.797. The van der Waals surface area contributed by atoms with E-state index in [4.69, 9.17) is 0 Å². The Bertz CT molecular complexity index is 263. The van der Waals surface area contributed by atoms with Crippen LogP contribution in [0.25, 0.3) is 0 Å². The van der Waals surface area contributed by atoms with Gasteiger partial charge in [-0.05, 0) is 5.56 Å². The van der Waals surface area contributed by atoms with Crippen molar-refractivity contribution >= 4 is 29.0 Å². The van der Waals surface area contributed by atoms with Crippen molar-refractivity contribution in [3.63, 3.8) is 0 Å². The third kappa shape index (κ3) is 2.17. The zero-order valence-corrected chi connectivity index (χ0v) is 8.19. The van der Waals surface area contributed by atoms with Crippen molar-refractivity contribution in [3.05, 3.63) is 35.9 Å². The van der Waals surface area contributed by atoms with Gasteiger partial charge in [0.15, 0.2) is 23.0 Å². The molecule has 1 aromatic rings. The minimum Gasteiger partial charge on any atom is -0.392 e. The summed E-state index contributed by atoms with van der Waals surface area (Å²) in [4.78, 5) is 10.7. The van der Waals surface area contributed by atoms with Gasteiger partial charge in [-0.15, -0.1) is 0 Å². The molecule has 64 valence electrons. The van der Waals surface area contributed by atoms with Gasteiger partial charge < -0.3 is 3.07 Å². The van der Waals surface area contributed by atoms with Gasteiger partial charge in [0.25, 0.3) is 0 Å². The molecule has 0 fully saturated rings. The summed E-state index contributed by atoms with van der Waals surface area (Å²) < 4.78 is 17.3. The highest BCUT2D eigenvalue weighted by Gasteiger charge is 2.19. The lowest BCUT2D eigenvalue weighted by molar-refractivity contribution is -0.137. The average molecular weight is 280 g/mol. The first-order chi connectivity index (χ1) is 5.75. The zero-order chi connectivity index (χ0) is 8.97. The Morgan fingerprint density at radius 2 is 2.00 bits per heavy atom. The number of rotatable bonds is 2. The highest BCUT2D eigenvalue weighted by atomic mass is 127. The van der Waals surface area contributed by atoms with Crippen molar-refractivity contribution in [2.24, 2.45) is 0 Å². The molecular formula is C8H6FIO2. The van der Waals surface area contributed by atoms with E-state index < -0.39 is 12.1 Å². The smallest absolute Gasteiger partial charge is 0.354 e. The van der Waals surface area contributed by atoms with Crippen LogP contribution in [0.15, 0.2) is 30.3 Å². The number of carbonyl (C=O) groups excluding carboxylic acids is 1. The first-order valence-electron chi connectivity index (χ1n) is 3.27. The Labute approximate surface area is 83.4 Å². The van der Waals surface area contributed by atoms with Gasteiger partial charge in [-0.2, -0.15) is 0 Å². The SMILES string of the molecule is O=C(OI)C(F)c1ccccc1. The molecule has 0 heterocycles. The van der Waals surface area contributed by atoms with Crippen molar-refractivity contribution < 1.29 is 12.3 Å². The largest absolute Gasteiger partial charge is 0.392 e. The molecule has 0 aromatic heterocycles. The van der Waals surface area contributed by atoms with Crippen LogP contribution in [0.1, 0.15) is 11.7 Å². The minimum atomic E-state index is -1.68. The van der Waals surface area contributed by atoms with Crippen molar-refractivity contribution in [2.45, 2.75) is 6.17 Å². The normalized spacial score (nSPS) is 12.2. The third-order valence-electron chi connectivity index (χ3n) is 1.38. The Balaban J connectivity index is 2.78. The molecule has 0 saturated carbocycles. The van der Waals surface area contributed by atoms with Gasteiger partial charge in [0.05, 0.1) is 0 Å². The predicted molar refractivity (Wildman–Crippen MR) is 50.4 cm³/mol. The Morgan fingerprint density at radius 1 is 1.42 bits per heavy atom. The van der Waals surface area contributed by atoms with Gasteiger partial charge in [0.2, 0.25) is 6.17 Å². The molecule has 4 heteroatoms. The van der Waals surface area contributed by atoms with Crippen LogP contribution in [0.3, 0.4) is 0 Å². The molecule has 0 N–H and O–H groups in total. The summed E-state index contributed by atoms with van der Waals surface area (Å²) in [5.41, 5.74) is 0.319. The molecule has 1 rings (SSSR count). The van der Waals surface area contributed by atoms with Crippen LogP contribution >= 0.6 is 23.0 Å². The van der Waals surface area contributed by atoms with Gasteiger partial charge in [0.1, 0.15) is 0 Å². The molecular weight excluding hydrogens is 274 g/mol. The third-order valence-corrected chi connectivity index (χ3v) is 1.81. The molecule has 0 amide bonds. The van der Waals surface area contributed by atoms with Gasteiger partial charge in [0, 0.05) is 0 Å². The summed E-state index contributed by atoms with van der Waals surface area (Å²) in [7, 11) is 0. The molecule has 0 spiro atoms. The maximum Gasteiger partial charge on any atom is 0.354 e. The standard InChI is InChI=1S/C8H6FIO2/c9-7(8(11)12-10)6-4-2-1-3-5-6/h1-5,7H. The molecule has 1 atom stereocenters. The molecule has 1 unspecified atom stereocenters. The predicted octanol–water partition coefficient (Wildman–Crippen LogP) is 2.59. The number of hydrogen-bond donors (Lipinski definition) is 0. The van der Waals surface area contributed by atoms with Crippen LogP contribution in [-0.2, 0) is 7.86 Å². The number of hydrogen-bond acceptors (Lipinski definition) is 2. The van der Waals surface area contributed by atoms with Crippen molar-refractivity contribution in [1.82, 2.24) is 0 Å². The second-order valence-corrected chi connectivity index (χ2v) is 2.61. The number of benzene rings is 1. The Kier molecular flexibility index (Phi) is 3.46. The molecule has 0 radical (unpaired) electrons. The quantitative estimate of drug-likeness (QED) is 0.778. The number of halogens is 2. The second kappa shape index (κ2) is 4.39. The first-order valence-corrected chi connectivity index (χ1v) is 4.15. The maximum absolute atomic E-state index is 13.0. The fourth-order valence-corrected chi connectivity index (χ4v) is 1.02. The van der Waals surface area contributed by atoms with Crippen molar-refractivity contribution in [1.29, 1.82) is 0 Å². The lowest BCUT2D eigenvalue weighted by Crippen LogP contribution is -2.06. The minimum absolute atomic E-state index is 0.319. The molecule has 0 aliphatic carbocycles. The van der Waals surface area contributed by atoms with Crippen LogP contribution in [0.4, 0.5) is 4.39 Å². The number of carbonyl (C=O) groups is 1. The van der Waals surface area contributed by atoms with E-state index >= 15 is 0 Å². The molecule has 12 heavy (non-hydrogen) atoms.